The lowest BCUT2D eigenvalue weighted by atomic mass is 10.2. The number of nitrogens with one attached hydrogen (secondary N) is 1. The molecule has 144 valence electrons. The number of hydrogen-bond acceptors (Lipinski definition) is 5. The van der Waals surface area contributed by atoms with E-state index in [9.17, 15) is 13.6 Å². The number of rotatable bonds is 7. The molecule has 0 radical (unpaired) electrons. The highest BCUT2D eigenvalue weighted by molar-refractivity contribution is 7.99. The molecule has 8 heteroatoms. The Morgan fingerprint density at radius 1 is 1.07 bits per heavy atom. The van der Waals surface area contributed by atoms with E-state index in [1.54, 1.807) is 30.5 Å². The third kappa shape index (κ3) is 6.27. The van der Waals surface area contributed by atoms with E-state index in [-0.39, 0.29) is 12.5 Å². The lowest BCUT2D eigenvalue weighted by molar-refractivity contribution is -0.117. The summed E-state index contributed by atoms with van der Waals surface area (Å²) in [5.74, 6) is -2.70. The minimum absolute atomic E-state index is 0.185. The van der Waals surface area contributed by atoms with Crippen LogP contribution in [-0.4, -0.2) is 59.2 Å². The van der Waals surface area contributed by atoms with Gasteiger partial charge in [-0.25, -0.2) is 0 Å². The van der Waals surface area contributed by atoms with Gasteiger partial charge in [0, 0.05) is 43.8 Å². The number of aromatic nitrogens is 1. The Morgan fingerprint density at radius 2 is 1.78 bits per heavy atom. The number of thioether (sulfide) groups is 1. The van der Waals surface area contributed by atoms with Crippen LogP contribution in [0.15, 0.2) is 53.6 Å². The molecule has 0 aliphatic carbocycles. The molecule has 5 nitrogen and oxygen atoms in total. The standard InChI is InChI=1S/C19H22F2N4OS/c20-19(21)27-17-7-2-1-6-16(17)23-18(26)14-25-11-9-24(10-12-25)13-15-5-3-4-8-22-15/h1-8,19H,9-14H2,(H,23,26). The third-order valence-electron chi connectivity index (χ3n) is 4.32. The molecule has 1 fully saturated rings. The fraction of sp³-hybridized carbons (Fsp3) is 0.368. The minimum Gasteiger partial charge on any atom is -0.324 e. The van der Waals surface area contributed by atoms with Gasteiger partial charge >= 0.3 is 0 Å². The van der Waals surface area contributed by atoms with Crippen LogP contribution in [0.4, 0.5) is 14.5 Å². The summed E-state index contributed by atoms with van der Waals surface area (Å²) in [6.45, 7) is 4.36. The molecule has 0 spiro atoms. The van der Waals surface area contributed by atoms with Gasteiger partial charge < -0.3 is 5.32 Å². The molecule has 1 N–H and O–H groups in total. The Balaban J connectivity index is 1.46. The summed E-state index contributed by atoms with van der Waals surface area (Å²) in [6, 6.07) is 12.5. The van der Waals surface area contributed by atoms with E-state index in [0.717, 1.165) is 38.4 Å². The van der Waals surface area contributed by atoms with Gasteiger partial charge in [-0.15, -0.1) is 0 Å². The fourth-order valence-corrected chi connectivity index (χ4v) is 3.58. The van der Waals surface area contributed by atoms with Crippen LogP contribution in [0.5, 0.6) is 0 Å². The average Bonchev–Trinajstić information content (AvgIpc) is 2.65. The fourth-order valence-electron chi connectivity index (χ4n) is 2.99. The summed E-state index contributed by atoms with van der Waals surface area (Å²) in [5, 5.41) is 2.76. The lowest BCUT2D eigenvalue weighted by Crippen LogP contribution is -2.48. The Kier molecular flexibility index (Phi) is 7.14. The van der Waals surface area contributed by atoms with Gasteiger partial charge in [-0.2, -0.15) is 8.78 Å². The van der Waals surface area contributed by atoms with Crippen LogP contribution >= 0.6 is 11.8 Å². The number of halogens is 2. The summed E-state index contributed by atoms with van der Waals surface area (Å²) in [7, 11) is 0. The van der Waals surface area contributed by atoms with E-state index in [1.165, 1.54) is 0 Å². The molecule has 2 heterocycles. The molecule has 2 aromatic rings. The highest BCUT2D eigenvalue weighted by atomic mass is 32.2. The van der Waals surface area contributed by atoms with Gasteiger partial charge in [0.15, 0.2) is 0 Å². The van der Waals surface area contributed by atoms with E-state index < -0.39 is 5.76 Å². The molecule has 0 bridgehead atoms. The number of anilines is 1. The first-order chi connectivity index (χ1) is 13.1. The molecule has 0 saturated carbocycles. The number of benzene rings is 1. The van der Waals surface area contributed by atoms with Crippen molar-refractivity contribution in [2.75, 3.05) is 38.0 Å². The number of piperazine rings is 1. The molecule has 1 aromatic heterocycles. The maximum atomic E-state index is 12.6. The van der Waals surface area contributed by atoms with E-state index in [0.29, 0.717) is 22.3 Å². The summed E-state index contributed by atoms with van der Waals surface area (Å²) in [4.78, 5) is 21.4. The lowest BCUT2D eigenvalue weighted by Gasteiger charge is -2.34. The first-order valence-corrected chi connectivity index (χ1v) is 9.66. The maximum Gasteiger partial charge on any atom is 0.288 e. The van der Waals surface area contributed by atoms with Crippen molar-refractivity contribution >= 4 is 23.4 Å². The van der Waals surface area contributed by atoms with E-state index in [1.807, 2.05) is 18.2 Å². The van der Waals surface area contributed by atoms with Crippen LogP contribution in [0.1, 0.15) is 5.69 Å². The molecule has 1 aliphatic heterocycles. The normalized spacial score (nSPS) is 15.8. The predicted molar refractivity (Wildman–Crippen MR) is 103 cm³/mol. The zero-order valence-corrected chi connectivity index (χ0v) is 15.7. The minimum atomic E-state index is -2.52. The van der Waals surface area contributed by atoms with E-state index in [4.69, 9.17) is 0 Å². The monoisotopic (exact) mass is 392 g/mol. The van der Waals surface area contributed by atoms with Crippen molar-refractivity contribution in [3.05, 3.63) is 54.4 Å². The van der Waals surface area contributed by atoms with Crippen molar-refractivity contribution < 1.29 is 13.6 Å². The van der Waals surface area contributed by atoms with Crippen molar-refractivity contribution in [3.8, 4) is 0 Å². The largest absolute Gasteiger partial charge is 0.324 e. The van der Waals surface area contributed by atoms with Crippen molar-refractivity contribution in [1.82, 2.24) is 14.8 Å². The topological polar surface area (TPSA) is 48.5 Å². The second-order valence-electron chi connectivity index (χ2n) is 6.30. The average molecular weight is 392 g/mol. The third-order valence-corrected chi connectivity index (χ3v) is 5.11. The Hall–Kier alpha value is -2.03. The maximum absolute atomic E-state index is 12.6. The summed E-state index contributed by atoms with van der Waals surface area (Å²) < 4.78 is 25.3. The summed E-state index contributed by atoms with van der Waals surface area (Å²) in [5.41, 5.74) is 1.47. The molecule has 1 amide bonds. The quantitative estimate of drug-likeness (QED) is 0.734. The van der Waals surface area contributed by atoms with Gasteiger partial charge in [0.1, 0.15) is 0 Å². The molecule has 3 rings (SSSR count). The van der Waals surface area contributed by atoms with Crippen molar-refractivity contribution in [3.63, 3.8) is 0 Å². The Bertz CT molecular complexity index is 739. The predicted octanol–water partition coefficient (Wildman–Crippen LogP) is 3.15. The molecule has 0 atom stereocenters. The highest BCUT2D eigenvalue weighted by Crippen LogP contribution is 2.31. The first-order valence-electron chi connectivity index (χ1n) is 8.78. The molecular formula is C19H22F2N4OS. The highest BCUT2D eigenvalue weighted by Gasteiger charge is 2.20. The SMILES string of the molecule is O=C(CN1CCN(Cc2ccccn2)CC1)Nc1ccccc1SC(F)F. The van der Waals surface area contributed by atoms with Gasteiger partial charge in [0.25, 0.3) is 5.76 Å². The molecule has 1 aromatic carbocycles. The Morgan fingerprint density at radius 3 is 2.48 bits per heavy atom. The number of pyridine rings is 1. The molecular weight excluding hydrogens is 370 g/mol. The molecule has 0 unspecified atom stereocenters. The number of nitrogens with zero attached hydrogens (tertiary/aromatic N) is 3. The number of para-hydroxylation sites is 1. The summed E-state index contributed by atoms with van der Waals surface area (Å²) in [6.07, 6.45) is 1.79. The first kappa shape index (κ1) is 19.7. The van der Waals surface area contributed by atoms with Crippen LogP contribution in [0.25, 0.3) is 0 Å². The summed E-state index contributed by atoms with van der Waals surface area (Å²) >= 11 is 0.440. The van der Waals surface area contributed by atoms with Gasteiger partial charge in [0.05, 0.1) is 17.9 Å². The second kappa shape index (κ2) is 9.77. The van der Waals surface area contributed by atoms with Gasteiger partial charge in [-0.05, 0) is 24.3 Å². The van der Waals surface area contributed by atoms with E-state index >= 15 is 0 Å². The van der Waals surface area contributed by atoms with Crippen LogP contribution in [0.3, 0.4) is 0 Å². The second-order valence-corrected chi connectivity index (χ2v) is 7.33. The Labute approximate surface area is 161 Å². The number of alkyl halides is 2. The van der Waals surface area contributed by atoms with Crippen LogP contribution in [0.2, 0.25) is 0 Å². The van der Waals surface area contributed by atoms with E-state index in [2.05, 4.69) is 20.1 Å². The van der Waals surface area contributed by atoms with Crippen LogP contribution in [0, 0.1) is 0 Å². The van der Waals surface area contributed by atoms with Crippen molar-refractivity contribution in [2.24, 2.45) is 0 Å². The molecule has 27 heavy (non-hydrogen) atoms. The van der Waals surface area contributed by atoms with Crippen LogP contribution in [-0.2, 0) is 11.3 Å². The van der Waals surface area contributed by atoms with Crippen molar-refractivity contribution in [2.45, 2.75) is 17.2 Å². The number of amides is 1. The smallest absolute Gasteiger partial charge is 0.288 e. The number of hydrogen-bond donors (Lipinski definition) is 1. The number of carbonyl (C=O) groups is 1. The molecule has 1 aliphatic rings. The van der Waals surface area contributed by atoms with Crippen LogP contribution < -0.4 is 5.32 Å². The van der Waals surface area contributed by atoms with Gasteiger partial charge in [0.2, 0.25) is 5.91 Å². The molecule has 1 saturated heterocycles. The van der Waals surface area contributed by atoms with Crippen molar-refractivity contribution in [1.29, 1.82) is 0 Å². The number of carbonyl (C=O) groups excluding carboxylic acids is 1. The van der Waals surface area contributed by atoms with Gasteiger partial charge in [-0.1, -0.05) is 30.0 Å². The van der Waals surface area contributed by atoms with Gasteiger partial charge in [-0.3, -0.25) is 19.6 Å². The zero-order valence-electron chi connectivity index (χ0n) is 14.9. The zero-order chi connectivity index (χ0) is 19.1.